The first-order valence-corrected chi connectivity index (χ1v) is 10.8. The number of H-pyrrole nitrogens is 1. The zero-order valence-corrected chi connectivity index (χ0v) is 18.2. The lowest BCUT2D eigenvalue weighted by Crippen LogP contribution is -2.36. The summed E-state index contributed by atoms with van der Waals surface area (Å²) in [6, 6.07) is 11.5. The van der Waals surface area contributed by atoms with Crippen molar-refractivity contribution >= 4 is 43.8 Å². The summed E-state index contributed by atoms with van der Waals surface area (Å²) in [5, 5.41) is 5.82. The first-order chi connectivity index (χ1) is 15.1. The van der Waals surface area contributed by atoms with Crippen LogP contribution in [0.25, 0.3) is 33.5 Å². The van der Waals surface area contributed by atoms with E-state index in [1.165, 1.54) is 5.69 Å². The van der Waals surface area contributed by atoms with E-state index < -0.39 is 0 Å². The van der Waals surface area contributed by atoms with E-state index in [0.717, 1.165) is 27.4 Å². The molecule has 5 aromatic rings. The van der Waals surface area contributed by atoms with E-state index in [1.807, 2.05) is 24.0 Å². The summed E-state index contributed by atoms with van der Waals surface area (Å²) in [5.74, 6) is 0.508. The summed E-state index contributed by atoms with van der Waals surface area (Å²) in [4.78, 5) is 23.6. The second-order valence-electron chi connectivity index (χ2n) is 7.73. The van der Waals surface area contributed by atoms with Gasteiger partial charge in [0, 0.05) is 46.1 Å². The van der Waals surface area contributed by atoms with Crippen molar-refractivity contribution < 1.29 is 13.7 Å². The molecule has 0 unspecified atom stereocenters. The van der Waals surface area contributed by atoms with Gasteiger partial charge in [0.25, 0.3) is 11.6 Å². The molecule has 0 radical (unpaired) electrons. The van der Waals surface area contributed by atoms with Crippen molar-refractivity contribution in [3.63, 3.8) is 0 Å². The number of pyridine rings is 1. The lowest BCUT2D eigenvalue weighted by molar-refractivity contribution is 0.0737. The van der Waals surface area contributed by atoms with Crippen LogP contribution in [0, 0.1) is 6.92 Å². The number of aryl methyl sites for hydroxylation is 1. The minimum absolute atomic E-state index is 0.0681. The van der Waals surface area contributed by atoms with Gasteiger partial charge in [0.05, 0.1) is 22.9 Å². The number of aromatic amines is 1. The predicted molar refractivity (Wildman–Crippen MR) is 119 cm³/mol. The number of aromatic nitrogens is 3. The van der Waals surface area contributed by atoms with E-state index in [4.69, 9.17) is 8.94 Å². The molecule has 1 aliphatic heterocycles. The third kappa shape index (κ3) is 2.90. The topological polar surface area (TPSA) is 88.2 Å². The highest BCUT2D eigenvalue weighted by Gasteiger charge is 2.28. The Hall–Kier alpha value is -3.39. The summed E-state index contributed by atoms with van der Waals surface area (Å²) in [6.45, 7) is 2.99. The molecule has 31 heavy (non-hydrogen) atoms. The first kappa shape index (κ1) is 18.4. The number of nitrogens with one attached hydrogen (secondary N) is 1. The van der Waals surface area contributed by atoms with Crippen LogP contribution in [0.1, 0.15) is 27.3 Å². The van der Waals surface area contributed by atoms with Crippen LogP contribution in [0.3, 0.4) is 0 Å². The van der Waals surface area contributed by atoms with Gasteiger partial charge < -0.3 is 18.8 Å². The highest BCUT2D eigenvalue weighted by atomic mass is 79.9. The number of nitrogens with zero attached hydrogens (tertiary/aromatic N) is 3. The molecule has 1 N–H and O–H groups in total. The molecule has 0 saturated heterocycles. The van der Waals surface area contributed by atoms with Gasteiger partial charge in [-0.15, -0.1) is 0 Å². The molecule has 8 heteroatoms. The van der Waals surface area contributed by atoms with Gasteiger partial charge in [0.1, 0.15) is 5.69 Å². The van der Waals surface area contributed by atoms with Crippen molar-refractivity contribution in [1.82, 2.24) is 20.0 Å². The number of furan rings is 1. The molecule has 5 heterocycles. The second kappa shape index (κ2) is 6.81. The minimum Gasteiger partial charge on any atom is -0.463 e. The second-order valence-corrected chi connectivity index (χ2v) is 8.64. The number of halogens is 1. The summed E-state index contributed by atoms with van der Waals surface area (Å²) in [5.41, 5.74) is 5.49. The molecule has 0 spiro atoms. The van der Waals surface area contributed by atoms with Gasteiger partial charge in [-0.25, -0.2) is 4.98 Å². The Morgan fingerprint density at radius 3 is 3.00 bits per heavy atom. The average Bonchev–Trinajstić information content (AvgIpc) is 3.51. The number of rotatable bonds is 2. The molecule has 0 bridgehead atoms. The van der Waals surface area contributed by atoms with E-state index in [-0.39, 0.29) is 5.91 Å². The van der Waals surface area contributed by atoms with Gasteiger partial charge in [-0.2, -0.15) is 0 Å². The summed E-state index contributed by atoms with van der Waals surface area (Å²) in [6.07, 6.45) is 2.35. The van der Waals surface area contributed by atoms with Crippen LogP contribution in [0.2, 0.25) is 0 Å². The fourth-order valence-corrected chi connectivity index (χ4v) is 4.71. The Labute approximate surface area is 185 Å². The Morgan fingerprint density at radius 1 is 1.26 bits per heavy atom. The molecule has 0 fully saturated rings. The summed E-state index contributed by atoms with van der Waals surface area (Å²) in [7, 11) is 0. The standard InChI is InChI=1S/C23H17BrN4O3/c1-12-21-15(10-19(20-3-2-8-30-20)26-22(21)31-27-12)23(29)28-7-6-18-16(11-28)14-9-13(24)4-5-17(14)25-18/h2-5,8-10,25H,6-7,11H2,1H3. The van der Waals surface area contributed by atoms with Crippen molar-refractivity contribution in [2.45, 2.75) is 19.9 Å². The quantitative estimate of drug-likeness (QED) is 0.376. The third-order valence-electron chi connectivity index (χ3n) is 5.85. The largest absolute Gasteiger partial charge is 0.463 e. The van der Waals surface area contributed by atoms with Gasteiger partial charge >= 0.3 is 0 Å². The maximum atomic E-state index is 13.7. The Bertz CT molecular complexity index is 1470. The molecule has 0 atom stereocenters. The molecule has 7 nitrogen and oxygen atoms in total. The van der Waals surface area contributed by atoms with Gasteiger partial charge in [-0.05, 0) is 43.3 Å². The normalized spacial score (nSPS) is 13.8. The smallest absolute Gasteiger partial charge is 0.259 e. The average molecular weight is 477 g/mol. The molecule has 1 aromatic carbocycles. The van der Waals surface area contributed by atoms with Crippen LogP contribution in [-0.4, -0.2) is 32.5 Å². The van der Waals surface area contributed by atoms with Crippen molar-refractivity contribution in [3.8, 4) is 11.5 Å². The number of benzene rings is 1. The van der Waals surface area contributed by atoms with E-state index in [1.54, 1.807) is 18.4 Å². The predicted octanol–water partition coefficient (Wildman–Crippen LogP) is 5.23. The molecular formula is C23H17BrN4O3. The van der Waals surface area contributed by atoms with Crippen LogP contribution in [0.4, 0.5) is 0 Å². The number of carbonyl (C=O) groups excluding carboxylic acids is 1. The third-order valence-corrected chi connectivity index (χ3v) is 6.34. The fraction of sp³-hybridized carbons (Fsp3) is 0.174. The zero-order valence-electron chi connectivity index (χ0n) is 16.6. The molecule has 1 aliphatic rings. The van der Waals surface area contributed by atoms with Crippen molar-refractivity contribution in [2.75, 3.05) is 6.54 Å². The lowest BCUT2D eigenvalue weighted by Gasteiger charge is -2.27. The van der Waals surface area contributed by atoms with E-state index in [0.29, 0.717) is 46.9 Å². The van der Waals surface area contributed by atoms with Gasteiger partial charge in [-0.1, -0.05) is 21.1 Å². The minimum atomic E-state index is -0.0681. The maximum absolute atomic E-state index is 13.7. The molecular weight excluding hydrogens is 460 g/mol. The van der Waals surface area contributed by atoms with Crippen LogP contribution in [0.5, 0.6) is 0 Å². The molecule has 154 valence electrons. The Morgan fingerprint density at radius 2 is 2.16 bits per heavy atom. The maximum Gasteiger partial charge on any atom is 0.259 e. The molecule has 1 amide bonds. The summed E-state index contributed by atoms with van der Waals surface area (Å²) >= 11 is 3.56. The highest BCUT2D eigenvalue weighted by molar-refractivity contribution is 9.10. The highest BCUT2D eigenvalue weighted by Crippen LogP contribution is 2.32. The number of amides is 1. The van der Waals surface area contributed by atoms with E-state index >= 15 is 0 Å². The number of carbonyl (C=O) groups is 1. The van der Waals surface area contributed by atoms with E-state index in [9.17, 15) is 4.79 Å². The molecule has 0 saturated carbocycles. The van der Waals surface area contributed by atoms with Crippen LogP contribution >= 0.6 is 15.9 Å². The van der Waals surface area contributed by atoms with Crippen LogP contribution < -0.4 is 0 Å². The van der Waals surface area contributed by atoms with Gasteiger partial charge in [0.2, 0.25) is 0 Å². The monoisotopic (exact) mass is 476 g/mol. The van der Waals surface area contributed by atoms with Crippen LogP contribution in [0.15, 0.2) is 56.1 Å². The zero-order chi connectivity index (χ0) is 21.1. The van der Waals surface area contributed by atoms with Gasteiger partial charge in [-0.3, -0.25) is 4.79 Å². The SMILES string of the molecule is Cc1noc2nc(-c3ccco3)cc(C(=O)N3CCc4[nH]c5ccc(Br)cc5c4C3)c12. The molecule has 4 aromatic heterocycles. The number of hydrogen-bond acceptors (Lipinski definition) is 5. The van der Waals surface area contributed by atoms with E-state index in [2.05, 4.69) is 43.2 Å². The molecule has 0 aliphatic carbocycles. The lowest BCUT2D eigenvalue weighted by atomic mass is 10.0. The van der Waals surface area contributed by atoms with Crippen molar-refractivity contribution in [3.05, 3.63) is 69.6 Å². The first-order valence-electron chi connectivity index (χ1n) is 9.97. The number of fused-ring (bicyclic) bond motifs is 4. The Balaban J connectivity index is 1.44. The van der Waals surface area contributed by atoms with Crippen molar-refractivity contribution in [2.24, 2.45) is 0 Å². The van der Waals surface area contributed by atoms with Crippen molar-refractivity contribution in [1.29, 1.82) is 0 Å². The van der Waals surface area contributed by atoms with Gasteiger partial charge in [0.15, 0.2) is 5.76 Å². The fourth-order valence-electron chi connectivity index (χ4n) is 4.34. The number of hydrogen-bond donors (Lipinski definition) is 1. The van der Waals surface area contributed by atoms with Crippen LogP contribution in [-0.2, 0) is 13.0 Å². The Kier molecular flexibility index (Phi) is 4.04. The molecule has 6 rings (SSSR count). The summed E-state index contributed by atoms with van der Waals surface area (Å²) < 4.78 is 11.9.